The lowest BCUT2D eigenvalue weighted by atomic mass is 9.85. The first-order chi connectivity index (χ1) is 10.6. The van der Waals surface area contributed by atoms with E-state index in [1.165, 1.54) is 0 Å². The van der Waals surface area contributed by atoms with Crippen LogP contribution in [0.3, 0.4) is 0 Å². The third-order valence-electron chi connectivity index (χ3n) is 4.85. The minimum absolute atomic E-state index is 0.0765. The summed E-state index contributed by atoms with van der Waals surface area (Å²) in [6.07, 6.45) is 3.96. The van der Waals surface area contributed by atoms with Crippen molar-refractivity contribution in [3.05, 3.63) is 23.8 Å². The van der Waals surface area contributed by atoms with E-state index in [4.69, 9.17) is 15.2 Å². The number of ether oxygens (including phenoxy) is 2. The number of amides is 1. The molecule has 0 radical (unpaired) electrons. The van der Waals surface area contributed by atoms with Gasteiger partial charge in [-0.15, -0.1) is 0 Å². The zero-order valence-electron chi connectivity index (χ0n) is 13.1. The largest absolute Gasteiger partial charge is 0.486 e. The molecule has 1 amide bonds. The van der Waals surface area contributed by atoms with Gasteiger partial charge in [0.25, 0.3) is 0 Å². The topological polar surface area (TPSA) is 73.6 Å². The van der Waals surface area contributed by atoms with Crippen molar-refractivity contribution >= 4 is 5.91 Å². The lowest BCUT2D eigenvalue weighted by Crippen LogP contribution is -2.44. The Hall–Kier alpha value is -1.75. The van der Waals surface area contributed by atoms with Gasteiger partial charge in [0.1, 0.15) is 13.2 Å². The molecule has 1 aliphatic carbocycles. The number of hydrogen-bond acceptors (Lipinski definition) is 4. The maximum atomic E-state index is 12.6. The summed E-state index contributed by atoms with van der Waals surface area (Å²) < 4.78 is 11.1. The summed E-state index contributed by atoms with van der Waals surface area (Å²) in [5.41, 5.74) is 6.52. The van der Waals surface area contributed by atoms with Crippen LogP contribution >= 0.6 is 0 Å². The van der Waals surface area contributed by atoms with Gasteiger partial charge in [0.15, 0.2) is 11.5 Å². The molecule has 0 aromatic heterocycles. The highest BCUT2D eigenvalue weighted by atomic mass is 16.6. The van der Waals surface area contributed by atoms with Crippen LogP contribution in [0.15, 0.2) is 18.2 Å². The van der Waals surface area contributed by atoms with Gasteiger partial charge in [-0.05, 0) is 37.5 Å². The Kier molecular flexibility index (Phi) is 4.25. The van der Waals surface area contributed by atoms with E-state index in [0.717, 1.165) is 42.7 Å². The molecule has 1 fully saturated rings. The van der Waals surface area contributed by atoms with Crippen LogP contribution in [0.4, 0.5) is 0 Å². The molecule has 3 N–H and O–H groups in total. The normalized spacial score (nSPS) is 20.5. The van der Waals surface area contributed by atoms with Gasteiger partial charge < -0.3 is 20.5 Å². The van der Waals surface area contributed by atoms with Gasteiger partial charge in [-0.25, -0.2) is 0 Å². The summed E-state index contributed by atoms with van der Waals surface area (Å²) in [7, 11) is 0. The standard InChI is InChI=1S/C17H24N2O3/c1-12(19-16(20)17(11-18)6-2-3-7-17)13-4-5-14-15(10-13)22-9-8-21-14/h4-5,10,12H,2-3,6-9,11,18H2,1H3,(H,19,20). The van der Waals surface area contributed by atoms with Gasteiger partial charge in [-0.3, -0.25) is 4.79 Å². The van der Waals surface area contributed by atoms with Gasteiger partial charge in [0.05, 0.1) is 11.5 Å². The Morgan fingerprint density at radius 2 is 1.95 bits per heavy atom. The SMILES string of the molecule is CC(NC(=O)C1(CN)CCCC1)c1ccc2c(c1)OCCO2. The highest BCUT2D eigenvalue weighted by Crippen LogP contribution is 2.38. The molecule has 0 bridgehead atoms. The molecule has 1 atom stereocenters. The summed E-state index contributed by atoms with van der Waals surface area (Å²) in [6, 6.07) is 5.75. The number of fused-ring (bicyclic) bond motifs is 1. The van der Waals surface area contributed by atoms with Gasteiger partial charge in [0, 0.05) is 6.54 Å². The average Bonchev–Trinajstić information content (AvgIpc) is 3.04. The third-order valence-corrected chi connectivity index (χ3v) is 4.85. The van der Waals surface area contributed by atoms with E-state index in [2.05, 4.69) is 5.32 Å². The second-order valence-corrected chi connectivity index (χ2v) is 6.29. The highest BCUT2D eigenvalue weighted by molar-refractivity contribution is 5.83. The molecule has 3 rings (SSSR count). The monoisotopic (exact) mass is 304 g/mol. The van der Waals surface area contributed by atoms with Crippen molar-refractivity contribution in [1.29, 1.82) is 0 Å². The van der Waals surface area contributed by atoms with Crippen LogP contribution in [0.1, 0.15) is 44.2 Å². The fourth-order valence-electron chi connectivity index (χ4n) is 3.34. The Balaban J connectivity index is 1.71. The second kappa shape index (κ2) is 6.16. The van der Waals surface area contributed by atoms with Gasteiger partial charge >= 0.3 is 0 Å². The van der Waals surface area contributed by atoms with Gasteiger partial charge in [0.2, 0.25) is 5.91 Å². The molecule has 1 unspecified atom stereocenters. The first-order valence-electron chi connectivity index (χ1n) is 8.05. The van der Waals surface area contributed by atoms with Crippen LogP contribution in [0, 0.1) is 5.41 Å². The first-order valence-corrected chi connectivity index (χ1v) is 8.05. The number of rotatable bonds is 4. The molecule has 0 saturated heterocycles. The van der Waals surface area contributed by atoms with E-state index in [-0.39, 0.29) is 17.4 Å². The highest BCUT2D eigenvalue weighted by Gasteiger charge is 2.40. The number of hydrogen-bond donors (Lipinski definition) is 2. The summed E-state index contributed by atoms with van der Waals surface area (Å²) in [5, 5.41) is 3.12. The Morgan fingerprint density at radius 3 is 2.64 bits per heavy atom. The van der Waals surface area contributed by atoms with Crippen LogP contribution < -0.4 is 20.5 Å². The molecule has 1 aromatic rings. The van der Waals surface area contributed by atoms with Crippen LogP contribution in [-0.4, -0.2) is 25.7 Å². The van der Waals surface area contributed by atoms with E-state index in [1.807, 2.05) is 25.1 Å². The average molecular weight is 304 g/mol. The smallest absolute Gasteiger partial charge is 0.227 e. The molecule has 0 spiro atoms. The Morgan fingerprint density at radius 1 is 1.27 bits per heavy atom. The van der Waals surface area contributed by atoms with E-state index in [9.17, 15) is 4.79 Å². The van der Waals surface area contributed by atoms with E-state index < -0.39 is 0 Å². The van der Waals surface area contributed by atoms with Crippen LogP contribution in [-0.2, 0) is 4.79 Å². The lowest BCUT2D eigenvalue weighted by molar-refractivity contribution is -0.131. The molecule has 1 aromatic carbocycles. The van der Waals surface area contributed by atoms with Crippen molar-refractivity contribution in [2.75, 3.05) is 19.8 Å². The predicted octanol–water partition coefficient (Wildman–Crippen LogP) is 2.15. The fourth-order valence-corrected chi connectivity index (χ4v) is 3.34. The quantitative estimate of drug-likeness (QED) is 0.894. The first kappa shape index (κ1) is 15.2. The number of benzene rings is 1. The van der Waals surface area contributed by atoms with Crippen molar-refractivity contribution in [2.24, 2.45) is 11.1 Å². The fraction of sp³-hybridized carbons (Fsp3) is 0.588. The van der Waals surface area contributed by atoms with E-state index in [1.54, 1.807) is 0 Å². The van der Waals surface area contributed by atoms with E-state index in [0.29, 0.717) is 19.8 Å². The van der Waals surface area contributed by atoms with Gasteiger partial charge in [-0.1, -0.05) is 18.9 Å². The molecule has 2 aliphatic rings. The number of carbonyl (C=O) groups is 1. The molecule has 1 saturated carbocycles. The molecule has 22 heavy (non-hydrogen) atoms. The van der Waals surface area contributed by atoms with Gasteiger partial charge in [-0.2, -0.15) is 0 Å². The summed E-state index contributed by atoms with van der Waals surface area (Å²) in [4.78, 5) is 12.6. The summed E-state index contributed by atoms with van der Waals surface area (Å²) >= 11 is 0. The van der Waals surface area contributed by atoms with Crippen molar-refractivity contribution < 1.29 is 14.3 Å². The molecule has 5 nitrogen and oxygen atoms in total. The maximum Gasteiger partial charge on any atom is 0.227 e. The molecule has 120 valence electrons. The third kappa shape index (κ3) is 2.77. The minimum Gasteiger partial charge on any atom is -0.486 e. The van der Waals surface area contributed by atoms with E-state index >= 15 is 0 Å². The molecule has 1 heterocycles. The Labute approximate surface area is 131 Å². The molecular formula is C17H24N2O3. The summed E-state index contributed by atoms with van der Waals surface area (Å²) in [6.45, 7) is 3.56. The minimum atomic E-state index is -0.373. The van der Waals surface area contributed by atoms with Crippen molar-refractivity contribution in [1.82, 2.24) is 5.32 Å². The van der Waals surface area contributed by atoms with Crippen molar-refractivity contribution in [2.45, 2.75) is 38.6 Å². The maximum absolute atomic E-state index is 12.6. The van der Waals surface area contributed by atoms with Crippen LogP contribution in [0.25, 0.3) is 0 Å². The zero-order valence-corrected chi connectivity index (χ0v) is 13.1. The van der Waals surface area contributed by atoms with Crippen molar-refractivity contribution in [3.8, 4) is 11.5 Å². The number of nitrogens with one attached hydrogen (secondary N) is 1. The lowest BCUT2D eigenvalue weighted by Gasteiger charge is -2.28. The number of carbonyl (C=O) groups excluding carboxylic acids is 1. The molecule has 5 heteroatoms. The molecule has 1 aliphatic heterocycles. The predicted molar refractivity (Wildman–Crippen MR) is 83.9 cm³/mol. The summed E-state index contributed by atoms with van der Waals surface area (Å²) in [5.74, 6) is 1.59. The number of nitrogens with two attached hydrogens (primary N) is 1. The molecular weight excluding hydrogens is 280 g/mol. The zero-order chi connectivity index (χ0) is 15.6. The van der Waals surface area contributed by atoms with Crippen molar-refractivity contribution in [3.63, 3.8) is 0 Å². The van der Waals surface area contributed by atoms with Crippen LogP contribution in [0.2, 0.25) is 0 Å². The second-order valence-electron chi connectivity index (χ2n) is 6.29. The van der Waals surface area contributed by atoms with Crippen LogP contribution in [0.5, 0.6) is 11.5 Å². The Bertz CT molecular complexity index is 553.